The van der Waals surface area contributed by atoms with Crippen molar-refractivity contribution in [2.24, 2.45) is 4.99 Å². The molecule has 1 aromatic heterocycles. The van der Waals surface area contributed by atoms with Gasteiger partial charge in [-0.1, -0.05) is 6.08 Å². The minimum Gasteiger partial charge on any atom is -0.316 e. The molecule has 1 rings (SSSR count). The van der Waals surface area contributed by atoms with Crippen LogP contribution >= 0.6 is 0 Å². The Hall–Kier alpha value is -1.98. The van der Waals surface area contributed by atoms with Crippen molar-refractivity contribution in [3.63, 3.8) is 0 Å². The third-order valence-corrected chi connectivity index (χ3v) is 1.33. The van der Waals surface area contributed by atoms with Crippen LogP contribution in [0.15, 0.2) is 11.1 Å². The Morgan fingerprint density at radius 3 is 2.93 bits per heavy atom. The van der Waals surface area contributed by atoms with Crippen LogP contribution < -0.4 is 4.84 Å². The number of aromatic nitrogens is 3. The summed E-state index contributed by atoms with van der Waals surface area (Å²) in [6.45, 7) is 6.44. The van der Waals surface area contributed by atoms with E-state index in [-0.39, 0.29) is 0 Å². The van der Waals surface area contributed by atoms with E-state index in [0.29, 0.717) is 11.5 Å². The molecule has 1 heterocycles. The average Bonchev–Trinajstić information content (AvgIpc) is 2.47. The van der Waals surface area contributed by atoms with E-state index in [1.165, 1.54) is 6.92 Å². The zero-order valence-corrected chi connectivity index (χ0v) is 7.97. The predicted octanol–water partition coefficient (Wildman–Crippen LogP) is 0.618. The number of hydrogen-bond donors (Lipinski definition) is 0. The SMILES string of the molecule is C=Nc1c(/C=C\C)nnn1OC(C)=O. The number of hydrogen-bond acceptors (Lipinski definition) is 5. The molecule has 6 nitrogen and oxygen atoms in total. The first-order valence-corrected chi connectivity index (χ1v) is 3.93. The Bertz CT molecular complexity index is 381. The van der Waals surface area contributed by atoms with Crippen LogP contribution in [-0.4, -0.2) is 27.8 Å². The predicted molar refractivity (Wildman–Crippen MR) is 51.2 cm³/mol. The molecule has 14 heavy (non-hydrogen) atoms. The summed E-state index contributed by atoms with van der Waals surface area (Å²) in [5.74, 6) is -0.190. The van der Waals surface area contributed by atoms with Gasteiger partial charge in [-0.15, -0.1) is 5.10 Å². The van der Waals surface area contributed by atoms with Gasteiger partial charge < -0.3 is 4.84 Å². The quantitative estimate of drug-likeness (QED) is 0.522. The zero-order chi connectivity index (χ0) is 10.6. The van der Waals surface area contributed by atoms with Crippen molar-refractivity contribution in [2.45, 2.75) is 13.8 Å². The molecule has 0 spiro atoms. The third-order valence-electron chi connectivity index (χ3n) is 1.33. The van der Waals surface area contributed by atoms with Crippen LogP contribution in [0.2, 0.25) is 0 Å². The smallest absolute Gasteiger partial charge is 0.316 e. The fraction of sp³-hybridized carbons (Fsp3) is 0.250. The summed E-state index contributed by atoms with van der Waals surface area (Å²) < 4.78 is 0. The Morgan fingerprint density at radius 1 is 1.71 bits per heavy atom. The number of rotatable bonds is 3. The Kier molecular flexibility index (Phi) is 3.11. The molecule has 0 radical (unpaired) electrons. The number of allylic oxidation sites excluding steroid dienone is 1. The van der Waals surface area contributed by atoms with Gasteiger partial charge in [0.25, 0.3) is 0 Å². The topological polar surface area (TPSA) is 69.4 Å². The second-order valence-electron chi connectivity index (χ2n) is 2.41. The molecule has 0 bridgehead atoms. The maximum Gasteiger partial charge on any atom is 0.332 e. The maximum absolute atomic E-state index is 10.7. The molecule has 0 saturated heterocycles. The van der Waals surface area contributed by atoms with Crippen molar-refractivity contribution in [3.05, 3.63) is 11.8 Å². The first-order chi connectivity index (χ1) is 6.69. The second kappa shape index (κ2) is 4.31. The highest BCUT2D eigenvalue weighted by atomic mass is 16.7. The number of carbonyl (C=O) groups is 1. The molecule has 0 N–H and O–H groups in total. The lowest BCUT2D eigenvalue weighted by molar-refractivity contribution is -0.143. The van der Waals surface area contributed by atoms with Gasteiger partial charge in [0.2, 0.25) is 5.82 Å². The molecule has 0 aliphatic rings. The van der Waals surface area contributed by atoms with E-state index in [9.17, 15) is 4.79 Å². The Balaban J connectivity index is 3.06. The van der Waals surface area contributed by atoms with Gasteiger partial charge in [-0.25, -0.2) is 9.79 Å². The average molecular weight is 194 g/mol. The molecule has 0 atom stereocenters. The molecule has 0 unspecified atom stereocenters. The van der Waals surface area contributed by atoms with Gasteiger partial charge in [-0.05, 0) is 29.8 Å². The van der Waals surface area contributed by atoms with Crippen LogP contribution in [0.5, 0.6) is 0 Å². The lowest BCUT2D eigenvalue weighted by Crippen LogP contribution is -2.17. The van der Waals surface area contributed by atoms with Gasteiger partial charge in [0.1, 0.15) is 5.69 Å². The van der Waals surface area contributed by atoms with Crippen LogP contribution in [0, 0.1) is 0 Å². The van der Waals surface area contributed by atoms with Gasteiger partial charge in [0.05, 0.1) is 0 Å². The summed E-state index contributed by atoms with van der Waals surface area (Å²) in [6, 6.07) is 0. The van der Waals surface area contributed by atoms with E-state index in [4.69, 9.17) is 4.84 Å². The highest BCUT2D eigenvalue weighted by Crippen LogP contribution is 2.15. The lowest BCUT2D eigenvalue weighted by atomic mass is 10.4. The highest BCUT2D eigenvalue weighted by molar-refractivity contribution is 5.67. The molecular formula is C8H10N4O2. The number of nitrogens with zero attached hydrogens (tertiary/aromatic N) is 4. The summed E-state index contributed by atoms with van der Waals surface area (Å²) in [5.41, 5.74) is 0.503. The first-order valence-electron chi connectivity index (χ1n) is 3.93. The molecule has 0 amide bonds. The standard InChI is InChI=1S/C8H10N4O2/c1-4-5-7-8(9-3)12(11-10-7)14-6(2)13/h4-5H,3H2,1-2H3/b5-4-. The van der Waals surface area contributed by atoms with Gasteiger partial charge >= 0.3 is 5.97 Å². The normalized spacial score (nSPS) is 10.4. The van der Waals surface area contributed by atoms with E-state index < -0.39 is 5.97 Å². The minimum absolute atomic E-state index is 0.304. The molecule has 6 heteroatoms. The Morgan fingerprint density at radius 2 is 2.43 bits per heavy atom. The number of carbonyl (C=O) groups excluding carboxylic acids is 1. The minimum atomic E-state index is -0.494. The molecule has 0 aromatic carbocycles. The van der Waals surface area contributed by atoms with E-state index in [0.717, 1.165) is 4.85 Å². The summed E-state index contributed by atoms with van der Waals surface area (Å²) in [4.78, 5) is 20.0. The van der Waals surface area contributed by atoms with Crippen molar-refractivity contribution in [2.75, 3.05) is 0 Å². The fourth-order valence-electron chi connectivity index (χ4n) is 0.864. The van der Waals surface area contributed by atoms with Crippen molar-refractivity contribution in [1.29, 1.82) is 0 Å². The van der Waals surface area contributed by atoms with Crippen LogP contribution in [0.25, 0.3) is 6.08 Å². The monoisotopic (exact) mass is 194 g/mol. The van der Waals surface area contributed by atoms with Crippen LogP contribution in [0.3, 0.4) is 0 Å². The zero-order valence-electron chi connectivity index (χ0n) is 7.97. The van der Waals surface area contributed by atoms with Crippen molar-refractivity contribution in [3.8, 4) is 0 Å². The summed E-state index contributed by atoms with van der Waals surface area (Å²) in [7, 11) is 0. The van der Waals surface area contributed by atoms with Gasteiger partial charge in [-0.3, -0.25) is 0 Å². The van der Waals surface area contributed by atoms with Gasteiger partial charge in [0.15, 0.2) is 0 Å². The molecule has 0 saturated carbocycles. The van der Waals surface area contributed by atoms with Crippen LogP contribution in [0.1, 0.15) is 19.5 Å². The molecule has 74 valence electrons. The second-order valence-corrected chi connectivity index (χ2v) is 2.41. The first kappa shape index (κ1) is 10.1. The number of aliphatic imine (C=N–C) groups is 1. The molecule has 0 aliphatic carbocycles. The van der Waals surface area contributed by atoms with Crippen LogP contribution in [-0.2, 0) is 4.79 Å². The van der Waals surface area contributed by atoms with Crippen molar-refractivity contribution >= 4 is 24.6 Å². The van der Waals surface area contributed by atoms with E-state index >= 15 is 0 Å². The van der Waals surface area contributed by atoms with Crippen molar-refractivity contribution < 1.29 is 9.63 Å². The van der Waals surface area contributed by atoms with Crippen LogP contribution in [0.4, 0.5) is 5.82 Å². The van der Waals surface area contributed by atoms with Crippen molar-refractivity contribution in [1.82, 2.24) is 15.2 Å². The summed E-state index contributed by atoms with van der Waals surface area (Å²) in [5, 5.41) is 7.33. The van der Waals surface area contributed by atoms with E-state index in [1.807, 2.05) is 6.92 Å². The molecule has 1 aromatic rings. The molecular weight excluding hydrogens is 184 g/mol. The summed E-state index contributed by atoms with van der Waals surface area (Å²) in [6.07, 6.45) is 3.47. The largest absolute Gasteiger partial charge is 0.332 e. The van der Waals surface area contributed by atoms with Gasteiger partial charge in [0, 0.05) is 6.92 Å². The van der Waals surface area contributed by atoms with E-state index in [1.54, 1.807) is 12.2 Å². The van der Waals surface area contributed by atoms with Gasteiger partial charge in [-0.2, -0.15) is 0 Å². The highest BCUT2D eigenvalue weighted by Gasteiger charge is 2.10. The maximum atomic E-state index is 10.7. The molecule has 0 aliphatic heterocycles. The third kappa shape index (κ3) is 2.03. The fourth-order valence-corrected chi connectivity index (χ4v) is 0.864. The molecule has 0 fully saturated rings. The Labute approximate surface area is 80.9 Å². The summed E-state index contributed by atoms with van der Waals surface area (Å²) >= 11 is 0. The lowest BCUT2D eigenvalue weighted by Gasteiger charge is -1.98. The van der Waals surface area contributed by atoms with E-state index in [2.05, 4.69) is 22.0 Å².